The molecule has 2 N–H and O–H groups in total. The first-order chi connectivity index (χ1) is 7.61. The second-order valence-corrected chi connectivity index (χ2v) is 4.11. The molecule has 1 unspecified atom stereocenters. The van der Waals surface area contributed by atoms with E-state index in [1.807, 2.05) is 6.92 Å². The molecule has 0 radical (unpaired) electrons. The molecule has 0 fully saturated rings. The number of benzene rings is 1. The molecule has 0 aliphatic carbocycles. The van der Waals surface area contributed by atoms with E-state index in [4.69, 9.17) is 4.74 Å². The van der Waals surface area contributed by atoms with E-state index >= 15 is 0 Å². The van der Waals surface area contributed by atoms with Crippen molar-refractivity contribution >= 4 is 0 Å². The van der Waals surface area contributed by atoms with Crippen molar-refractivity contribution in [3.05, 3.63) is 18.2 Å². The van der Waals surface area contributed by atoms with Crippen LogP contribution >= 0.6 is 0 Å². The monoisotopic (exact) mass is 224 g/mol. The van der Waals surface area contributed by atoms with Crippen molar-refractivity contribution in [1.29, 1.82) is 0 Å². The highest BCUT2D eigenvalue weighted by molar-refractivity contribution is 5.40. The van der Waals surface area contributed by atoms with Crippen LogP contribution in [0.4, 0.5) is 0 Å². The van der Waals surface area contributed by atoms with E-state index in [-0.39, 0.29) is 17.6 Å². The van der Waals surface area contributed by atoms with Gasteiger partial charge in [0.15, 0.2) is 0 Å². The molecule has 3 nitrogen and oxygen atoms in total. The zero-order valence-electron chi connectivity index (χ0n) is 9.94. The molecule has 0 heterocycles. The fraction of sp³-hybridized carbons (Fsp3) is 0.538. The maximum atomic E-state index is 9.28. The van der Waals surface area contributed by atoms with E-state index in [2.05, 4.69) is 6.92 Å². The minimum atomic E-state index is 0.0239. The van der Waals surface area contributed by atoms with Crippen LogP contribution < -0.4 is 4.74 Å². The van der Waals surface area contributed by atoms with Crippen molar-refractivity contribution in [3.63, 3.8) is 0 Å². The molecule has 0 aliphatic rings. The van der Waals surface area contributed by atoms with Crippen LogP contribution in [0.5, 0.6) is 17.2 Å². The lowest BCUT2D eigenvalue weighted by atomic mass is 10.1. The van der Waals surface area contributed by atoms with Crippen LogP contribution in [0, 0.1) is 0 Å². The van der Waals surface area contributed by atoms with Gasteiger partial charge in [0.1, 0.15) is 17.2 Å². The fourth-order valence-corrected chi connectivity index (χ4v) is 1.61. The molecule has 0 spiro atoms. The number of phenolic OH excluding ortho intramolecular Hbond substituents is 2. The van der Waals surface area contributed by atoms with Gasteiger partial charge in [-0.2, -0.15) is 0 Å². The summed E-state index contributed by atoms with van der Waals surface area (Å²) in [6.45, 7) is 4.16. The molecule has 0 saturated carbocycles. The third kappa shape index (κ3) is 4.43. The lowest BCUT2D eigenvalue weighted by Gasteiger charge is -2.14. The van der Waals surface area contributed by atoms with Crippen molar-refractivity contribution in [1.82, 2.24) is 0 Å². The molecule has 90 valence electrons. The highest BCUT2D eigenvalue weighted by atomic mass is 16.5. The summed E-state index contributed by atoms with van der Waals surface area (Å²) in [5, 5.41) is 18.6. The Morgan fingerprint density at radius 1 is 1.12 bits per heavy atom. The first-order valence-corrected chi connectivity index (χ1v) is 5.81. The third-order valence-corrected chi connectivity index (χ3v) is 2.43. The number of unbranched alkanes of at least 4 members (excludes halogenated alkanes) is 2. The van der Waals surface area contributed by atoms with E-state index in [1.165, 1.54) is 31.0 Å². The normalized spacial score (nSPS) is 12.4. The quantitative estimate of drug-likeness (QED) is 0.728. The highest BCUT2D eigenvalue weighted by Gasteiger charge is 2.05. The maximum absolute atomic E-state index is 9.28. The minimum Gasteiger partial charge on any atom is -0.508 e. The topological polar surface area (TPSA) is 49.7 Å². The number of hydrogen-bond acceptors (Lipinski definition) is 3. The van der Waals surface area contributed by atoms with Crippen LogP contribution in [0.1, 0.15) is 39.5 Å². The summed E-state index contributed by atoms with van der Waals surface area (Å²) in [6.07, 6.45) is 4.64. The van der Waals surface area contributed by atoms with Crippen LogP contribution in [-0.4, -0.2) is 16.3 Å². The predicted octanol–water partition coefficient (Wildman–Crippen LogP) is 3.45. The first-order valence-electron chi connectivity index (χ1n) is 5.81. The first kappa shape index (κ1) is 12.7. The zero-order chi connectivity index (χ0) is 12.0. The predicted molar refractivity (Wildman–Crippen MR) is 64.0 cm³/mol. The molecule has 0 bridgehead atoms. The van der Waals surface area contributed by atoms with E-state index < -0.39 is 0 Å². The summed E-state index contributed by atoms with van der Waals surface area (Å²) in [6, 6.07) is 4.31. The molecule has 3 heteroatoms. The molecular weight excluding hydrogens is 204 g/mol. The molecule has 1 atom stereocenters. The summed E-state index contributed by atoms with van der Waals surface area (Å²) in [5.41, 5.74) is 0. The summed E-state index contributed by atoms with van der Waals surface area (Å²) in [5.74, 6) is 0.563. The lowest BCUT2D eigenvalue weighted by Crippen LogP contribution is -2.11. The van der Waals surface area contributed by atoms with Gasteiger partial charge in [0, 0.05) is 18.2 Å². The second kappa shape index (κ2) is 6.26. The van der Waals surface area contributed by atoms with Gasteiger partial charge in [-0.05, 0) is 19.8 Å². The Labute approximate surface area is 96.7 Å². The number of aromatic hydroxyl groups is 2. The SMILES string of the molecule is CCCCCC(C)Oc1cc(O)cc(O)c1. The van der Waals surface area contributed by atoms with Crippen molar-refractivity contribution in [2.75, 3.05) is 0 Å². The van der Waals surface area contributed by atoms with E-state index in [9.17, 15) is 10.2 Å². The van der Waals surface area contributed by atoms with Crippen LogP contribution in [0.15, 0.2) is 18.2 Å². The molecule has 0 aliphatic heterocycles. The van der Waals surface area contributed by atoms with Crippen LogP contribution in [0.25, 0.3) is 0 Å². The van der Waals surface area contributed by atoms with Crippen LogP contribution in [0.3, 0.4) is 0 Å². The average Bonchev–Trinajstić information content (AvgIpc) is 2.16. The Hall–Kier alpha value is -1.38. The lowest BCUT2D eigenvalue weighted by molar-refractivity contribution is 0.205. The molecule has 1 rings (SSSR count). The second-order valence-electron chi connectivity index (χ2n) is 4.11. The summed E-state index contributed by atoms with van der Waals surface area (Å²) >= 11 is 0. The molecule has 1 aromatic carbocycles. The largest absolute Gasteiger partial charge is 0.508 e. The molecule has 1 aromatic rings. The summed E-state index contributed by atoms with van der Waals surface area (Å²) in [4.78, 5) is 0. The zero-order valence-corrected chi connectivity index (χ0v) is 9.94. The van der Waals surface area contributed by atoms with Crippen LogP contribution in [-0.2, 0) is 0 Å². The number of ether oxygens (including phenoxy) is 1. The Kier molecular flexibility index (Phi) is 4.96. The third-order valence-electron chi connectivity index (χ3n) is 2.43. The van der Waals surface area contributed by atoms with Gasteiger partial charge in [-0.1, -0.05) is 19.8 Å². The number of rotatable bonds is 6. The van der Waals surface area contributed by atoms with Gasteiger partial charge in [-0.15, -0.1) is 0 Å². The molecule has 16 heavy (non-hydrogen) atoms. The van der Waals surface area contributed by atoms with Crippen LogP contribution in [0.2, 0.25) is 0 Å². The summed E-state index contributed by atoms with van der Waals surface area (Å²) < 4.78 is 5.60. The molecule has 0 amide bonds. The van der Waals surface area contributed by atoms with Gasteiger partial charge >= 0.3 is 0 Å². The Balaban J connectivity index is 2.45. The number of phenols is 2. The van der Waals surface area contributed by atoms with E-state index in [0.717, 1.165) is 12.8 Å². The van der Waals surface area contributed by atoms with Crippen molar-refractivity contribution < 1.29 is 14.9 Å². The highest BCUT2D eigenvalue weighted by Crippen LogP contribution is 2.26. The average molecular weight is 224 g/mol. The number of hydrogen-bond donors (Lipinski definition) is 2. The fourth-order valence-electron chi connectivity index (χ4n) is 1.61. The van der Waals surface area contributed by atoms with Gasteiger partial charge in [-0.25, -0.2) is 0 Å². The van der Waals surface area contributed by atoms with Crippen molar-refractivity contribution in [3.8, 4) is 17.2 Å². The minimum absolute atomic E-state index is 0.0239. The molecule has 0 saturated heterocycles. The molecular formula is C13H20O3. The van der Waals surface area contributed by atoms with Gasteiger partial charge in [0.05, 0.1) is 6.10 Å². The Bertz CT molecular complexity index is 303. The van der Waals surface area contributed by atoms with Gasteiger partial charge in [0.25, 0.3) is 0 Å². The van der Waals surface area contributed by atoms with Gasteiger partial charge in [0.2, 0.25) is 0 Å². The van der Waals surface area contributed by atoms with Gasteiger partial charge in [-0.3, -0.25) is 0 Å². The van der Waals surface area contributed by atoms with E-state index in [0.29, 0.717) is 5.75 Å². The molecule has 0 aromatic heterocycles. The van der Waals surface area contributed by atoms with Gasteiger partial charge < -0.3 is 14.9 Å². The van der Waals surface area contributed by atoms with Crippen molar-refractivity contribution in [2.24, 2.45) is 0 Å². The van der Waals surface area contributed by atoms with Crippen molar-refractivity contribution in [2.45, 2.75) is 45.6 Å². The summed E-state index contributed by atoms with van der Waals surface area (Å²) in [7, 11) is 0. The maximum Gasteiger partial charge on any atom is 0.127 e. The van der Waals surface area contributed by atoms with E-state index in [1.54, 1.807) is 0 Å². The smallest absolute Gasteiger partial charge is 0.127 e. The Morgan fingerprint density at radius 3 is 2.31 bits per heavy atom. The standard InChI is InChI=1S/C13H20O3/c1-3-4-5-6-10(2)16-13-8-11(14)7-12(15)9-13/h7-10,14-15H,3-6H2,1-2H3. The Morgan fingerprint density at radius 2 is 1.75 bits per heavy atom.